The first-order chi connectivity index (χ1) is 9.08. The number of amides is 2. The van der Waals surface area contributed by atoms with Gasteiger partial charge in [0.1, 0.15) is 6.04 Å². The smallest absolute Gasteiger partial charge is 0.245 e. The number of likely N-dealkylation sites (tertiary alicyclic amines) is 1. The molecular weight excluding hydrogens is 278 g/mol. The summed E-state index contributed by atoms with van der Waals surface area (Å²) in [6.45, 7) is 2.94. The summed E-state index contributed by atoms with van der Waals surface area (Å²) in [6, 6.07) is -0.107. The van der Waals surface area contributed by atoms with Gasteiger partial charge in [0.25, 0.3) is 0 Å². The molecule has 0 radical (unpaired) electrons. The van der Waals surface area contributed by atoms with E-state index in [4.69, 9.17) is 5.73 Å². The van der Waals surface area contributed by atoms with Gasteiger partial charge in [-0.2, -0.15) is 0 Å². The summed E-state index contributed by atoms with van der Waals surface area (Å²) >= 11 is 0. The Morgan fingerprint density at radius 2 is 1.70 bits per heavy atom. The van der Waals surface area contributed by atoms with Gasteiger partial charge in [0.15, 0.2) is 0 Å². The lowest BCUT2D eigenvalue weighted by atomic mass is 9.95. The van der Waals surface area contributed by atoms with Crippen LogP contribution in [0.1, 0.15) is 45.4 Å². The van der Waals surface area contributed by atoms with Crippen LogP contribution in [0.5, 0.6) is 0 Å². The van der Waals surface area contributed by atoms with Crippen LogP contribution in [-0.4, -0.2) is 41.9 Å². The maximum atomic E-state index is 12.6. The van der Waals surface area contributed by atoms with E-state index in [0.717, 1.165) is 38.8 Å². The molecule has 5 nitrogen and oxygen atoms in total. The van der Waals surface area contributed by atoms with Crippen molar-refractivity contribution in [2.45, 2.75) is 57.5 Å². The zero-order valence-corrected chi connectivity index (χ0v) is 13.0. The Morgan fingerprint density at radius 1 is 1.15 bits per heavy atom. The Labute approximate surface area is 127 Å². The van der Waals surface area contributed by atoms with Gasteiger partial charge in [-0.25, -0.2) is 0 Å². The van der Waals surface area contributed by atoms with E-state index < -0.39 is 0 Å². The quantitative estimate of drug-likeness (QED) is 0.818. The number of nitrogens with zero attached hydrogens (tertiary/aromatic N) is 1. The number of carbonyl (C=O) groups is 2. The third-order valence-electron chi connectivity index (χ3n) is 4.35. The van der Waals surface area contributed by atoms with Crippen LogP contribution in [0, 0.1) is 5.92 Å². The lowest BCUT2D eigenvalue weighted by molar-refractivity contribution is -0.138. The fourth-order valence-electron chi connectivity index (χ4n) is 3.21. The maximum absolute atomic E-state index is 12.6. The highest BCUT2D eigenvalue weighted by Gasteiger charge is 2.34. The molecule has 1 aliphatic heterocycles. The normalized spacial score (nSPS) is 22.2. The topological polar surface area (TPSA) is 75.4 Å². The van der Waals surface area contributed by atoms with E-state index in [9.17, 15) is 9.59 Å². The summed E-state index contributed by atoms with van der Waals surface area (Å²) in [4.78, 5) is 25.8. The van der Waals surface area contributed by atoms with E-state index in [0.29, 0.717) is 5.92 Å². The lowest BCUT2D eigenvalue weighted by Crippen LogP contribution is -2.54. The number of hydrogen-bond donors (Lipinski definition) is 2. The van der Waals surface area contributed by atoms with Crippen molar-refractivity contribution in [3.05, 3.63) is 0 Å². The van der Waals surface area contributed by atoms with Crippen LogP contribution in [0.3, 0.4) is 0 Å². The average Bonchev–Trinajstić information content (AvgIpc) is 2.89. The predicted octanol–water partition coefficient (Wildman–Crippen LogP) is 1.05. The molecule has 0 spiro atoms. The first kappa shape index (κ1) is 17.2. The highest BCUT2D eigenvalue weighted by Crippen LogP contribution is 2.29. The number of nitrogens with two attached hydrogens (primary N) is 1. The van der Waals surface area contributed by atoms with Crippen molar-refractivity contribution in [1.82, 2.24) is 10.2 Å². The van der Waals surface area contributed by atoms with Crippen LogP contribution in [0.25, 0.3) is 0 Å². The minimum absolute atomic E-state index is 0. The fraction of sp³-hybridized carbons (Fsp3) is 0.857. The average molecular weight is 304 g/mol. The first-order valence-corrected chi connectivity index (χ1v) is 7.39. The number of carbonyl (C=O) groups excluding carboxylic acids is 2. The zero-order chi connectivity index (χ0) is 13.8. The molecule has 1 aliphatic carbocycles. The van der Waals surface area contributed by atoms with Gasteiger partial charge in [0, 0.05) is 26.1 Å². The standard InChI is InChI=1S/C14H25N3O2.ClH/c1-10(18)16-13(11-4-2-3-5-11)14(19)17-8-6-12(15)7-9-17;/h11-13H,2-9,15H2,1H3,(H,16,18);1H. The second-order valence-corrected chi connectivity index (χ2v) is 5.89. The van der Waals surface area contributed by atoms with E-state index in [1.54, 1.807) is 0 Å². The predicted molar refractivity (Wildman–Crippen MR) is 80.6 cm³/mol. The van der Waals surface area contributed by atoms with Crippen LogP contribution in [0.4, 0.5) is 0 Å². The van der Waals surface area contributed by atoms with Gasteiger partial charge in [-0.1, -0.05) is 12.8 Å². The molecule has 1 heterocycles. The molecule has 116 valence electrons. The number of halogens is 1. The van der Waals surface area contributed by atoms with Crippen LogP contribution in [0.15, 0.2) is 0 Å². The molecule has 2 aliphatic rings. The van der Waals surface area contributed by atoms with Crippen molar-refractivity contribution < 1.29 is 9.59 Å². The zero-order valence-electron chi connectivity index (χ0n) is 12.1. The molecule has 20 heavy (non-hydrogen) atoms. The highest BCUT2D eigenvalue weighted by molar-refractivity contribution is 5.87. The number of rotatable bonds is 3. The van der Waals surface area contributed by atoms with Crippen molar-refractivity contribution in [2.75, 3.05) is 13.1 Å². The number of hydrogen-bond acceptors (Lipinski definition) is 3. The third kappa shape index (κ3) is 4.35. The van der Waals surface area contributed by atoms with Crippen molar-refractivity contribution in [3.63, 3.8) is 0 Å². The Bertz CT molecular complexity index is 337. The van der Waals surface area contributed by atoms with Crippen molar-refractivity contribution in [2.24, 2.45) is 11.7 Å². The summed E-state index contributed by atoms with van der Waals surface area (Å²) in [6.07, 6.45) is 6.15. The van der Waals surface area contributed by atoms with E-state index in [1.807, 2.05) is 4.90 Å². The molecule has 2 amide bonds. The minimum Gasteiger partial charge on any atom is -0.344 e. The number of nitrogens with one attached hydrogen (secondary N) is 1. The molecule has 1 atom stereocenters. The van der Waals surface area contributed by atoms with Crippen molar-refractivity contribution >= 4 is 24.2 Å². The van der Waals surface area contributed by atoms with Crippen LogP contribution >= 0.6 is 12.4 Å². The minimum atomic E-state index is -0.325. The molecule has 0 aromatic heterocycles. The molecule has 2 rings (SSSR count). The Hall–Kier alpha value is -0.810. The van der Waals surface area contributed by atoms with E-state index in [1.165, 1.54) is 19.8 Å². The molecule has 1 saturated heterocycles. The number of piperidine rings is 1. The summed E-state index contributed by atoms with van der Waals surface area (Å²) in [5.74, 6) is 0.292. The van der Waals surface area contributed by atoms with E-state index in [-0.39, 0.29) is 36.3 Å². The van der Waals surface area contributed by atoms with E-state index >= 15 is 0 Å². The molecule has 0 bridgehead atoms. The fourth-order valence-corrected chi connectivity index (χ4v) is 3.21. The van der Waals surface area contributed by atoms with Gasteiger partial charge in [0.05, 0.1) is 0 Å². The van der Waals surface area contributed by atoms with Gasteiger partial charge < -0.3 is 16.0 Å². The largest absolute Gasteiger partial charge is 0.344 e. The molecule has 6 heteroatoms. The molecule has 3 N–H and O–H groups in total. The van der Waals surface area contributed by atoms with Gasteiger partial charge in [-0.05, 0) is 31.6 Å². The molecule has 2 fully saturated rings. The van der Waals surface area contributed by atoms with Gasteiger partial charge in [-0.15, -0.1) is 12.4 Å². The SMILES string of the molecule is CC(=O)NC(C(=O)N1CCC(N)CC1)C1CCCC1.Cl. The molecule has 0 aromatic carbocycles. The van der Waals surface area contributed by atoms with Gasteiger partial charge >= 0.3 is 0 Å². The molecular formula is C14H26ClN3O2. The maximum Gasteiger partial charge on any atom is 0.245 e. The monoisotopic (exact) mass is 303 g/mol. The molecule has 0 aromatic rings. The Balaban J connectivity index is 0.00000200. The summed E-state index contributed by atoms with van der Waals surface area (Å²) in [7, 11) is 0. The van der Waals surface area contributed by atoms with Crippen LogP contribution in [-0.2, 0) is 9.59 Å². The lowest BCUT2D eigenvalue weighted by Gasteiger charge is -2.34. The van der Waals surface area contributed by atoms with Crippen LogP contribution in [0.2, 0.25) is 0 Å². The Morgan fingerprint density at radius 3 is 2.20 bits per heavy atom. The summed E-state index contributed by atoms with van der Waals surface area (Å²) < 4.78 is 0. The van der Waals surface area contributed by atoms with Crippen LogP contribution < -0.4 is 11.1 Å². The van der Waals surface area contributed by atoms with Crippen molar-refractivity contribution in [3.8, 4) is 0 Å². The Kier molecular flexibility index (Phi) is 6.76. The highest BCUT2D eigenvalue weighted by atomic mass is 35.5. The third-order valence-corrected chi connectivity index (χ3v) is 4.35. The second-order valence-electron chi connectivity index (χ2n) is 5.89. The van der Waals surface area contributed by atoms with E-state index in [2.05, 4.69) is 5.32 Å². The summed E-state index contributed by atoms with van der Waals surface area (Å²) in [5, 5.41) is 2.87. The molecule has 1 saturated carbocycles. The summed E-state index contributed by atoms with van der Waals surface area (Å²) in [5.41, 5.74) is 5.87. The second kappa shape index (κ2) is 7.84. The van der Waals surface area contributed by atoms with Gasteiger partial charge in [0.2, 0.25) is 11.8 Å². The van der Waals surface area contributed by atoms with Gasteiger partial charge in [-0.3, -0.25) is 9.59 Å². The first-order valence-electron chi connectivity index (χ1n) is 7.39. The molecule has 1 unspecified atom stereocenters. The van der Waals surface area contributed by atoms with Crippen molar-refractivity contribution in [1.29, 1.82) is 0 Å².